The Morgan fingerprint density at radius 3 is 2.40 bits per heavy atom. The van der Waals surface area contributed by atoms with E-state index in [-0.39, 0.29) is 5.92 Å². The van der Waals surface area contributed by atoms with E-state index in [9.17, 15) is 0 Å². The average molecular weight is 438 g/mol. The fourth-order valence-corrected chi connectivity index (χ4v) is 5.77. The molecule has 0 unspecified atom stereocenters. The standard InChI is InChI=1S/C26H31NOS2/c1-29-24-10-5-4-9-23(24)26(25-11-8-20-30-25)21-12-14-22(15-13-21)28-19-18-27-16-6-2-3-7-17-27/h4-5,8-15,20,26H,2-3,6-7,16-19H2,1H3/t26-/m0/s1. The third-order valence-corrected chi connectivity index (χ3v) is 7.61. The van der Waals surface area contributed by atoms with Gasteiger partial charge in [0.05, 0.1) is 0 Å². The van der Waals surface area contributed by atoms with Crippen LogP contribution in [0.15, 0.2) is 70.9 Å². The van der Waals surface area contributed by atoms with Gasteiger partial charge in [0.15, 0.2) is 0 Å². The smallest absolute Gasteiger partial charge is 0.119 e. The van der Waals surface area contributed by atoms with Gasteiger partial charge in [0.25, 0.3) is 0 Å². The number of rotatable bonds is 8. The van der Waals surface area contributed by atoms with Crippen LogP contribution < -0.4 is 4.74 Å². The highest BCUT2D eigenvalue weighted by molar-refractivity contribution is 7.98. The molecule has 4 heteroatoms. The molecule has 2 heterocycles. The van der Waals surface area contributed by atoms with E-state index < -0.39 is 0 Å². The second-order valence-corrected chi connectivity index (χ2v) is 9.69. The van der Waals surface area contributed by atoms with Gasteiger partial charge in [-0.1, -0.05) is 49.2 Å². The normalized spacial score (nSPS) is 16.2. The van der Waals surface area contributed by atoms with Crippen molar-refractivity contribution in [3.63, 3.8) is 0 Å². The van der Waals surface area contributed by atoms with Gasteiger partial charge >= 0.3 is 0 Å². The zero-order chi connectivity index (χ0) is 20.6. The molecule has 0 amide bonds. The van der Waals surface area contributed by atoms with Crippen molar-refractivity contribution in [3.05, 3.63) is 82.0 Å². The zero-order valence-corrected chi connectivity index (χ0v) is 19.4. The fraction of sp³-hybridized carbons (Fsp3) is 0.385. The lowest BCUT2D eigenvalue weighted by Gasteiger charge is -2.21. The summed E-state index contributed by atoms with van der Waals surface area (Å²) >= 11 is 3.65. The minimum absolute atomic E-state index is 0.264. The minimum Gasteiger partial charge on any atom is -0.492 e. The van der Waals surface area contributed by atoms with Crippen molar-refractivity contribution < 1.29 is 4.74 Å². The summed E-state index contributed by atoms with van der Waals surface area (Å²) in [6.45, 7) is 4.24. The lowest BCUT2D eigenvalue weighted by atomic mass is 9.90. The van der Waals surface area contributed by atoms with Crippen LogP contribution in [-0.2, 0) is 0 Å². The van der Waals surface area contributed by atoms with Gasteiger partial charge in [-0.2, -0.15) is 0 Å². The van der Waals surface area contributed by atoms with Gasteiger partial charge in [-0.25, -0.2) is 0 Å². The Morgan fingerprint density at radius 1 is 0.933 bits per heavy atom. The maximum Gasteiger partial charge on any atom is 0.119 e. The lowest BCUT2D eigenvalue weighted by molar-refractivity contribution is 0.214. The highest BCUT2D eigenvalue weighted by atomic mass is 32.2. The molecule has 0 saturated carbocycles. The van der Waals surface area contributed by atoms with Gasteiger partial charge in [-0.15, -0.1) is 23.1 Å². The molecule has 0 radical (unpaired) electrons. The van der Waals surface area contributed by atoms with Crippen LogP contribution >= 0.6 is 23.1 Å². The summed E-state index contributed by atoms with van der Waals surface area (Å²) in [7, 11) is 0. The molecule has 0 bridgehead atoms. The third kappa shape index (κ3) is 5.48. The summed E-state index contributed by atoms with van der Waals surface area (Å²) < 4.78 is 6.08. The molecule has 1 aromatic heterocycles. The molecule has 30 heavy (non-hydrogen) atoms. The summed E-state index contributed by atoms with van der Waals surface area (Å²) in [6, 6.07) is 21.9. The molecule has 1 aliphatic rings. The highest BCUT2D eigenvalue weighted by Gasteiger charge is 2.20. The van der Waals surface area contributed by atoms with Crippen molar-refractivity contribution in [2.24, 2.45) is 0 Å². The van der Waals surface area contributed by atoms with Gasteiger partial charge < -0.3 is 4.74 Å². The van der Waals surface area contributed by atoms with Crippen molar-refractivity contribution >= 4 is 23.1 Å². The Hall–Kier alpha value is -1.75. The maximum absolute atomic E-state index is 6.08. The summed E-state index contributed by atoms with van der Waals surface area (Å²) in [6.07, 6.45) is 7.58. The molecule has 0 N–H and O–H groups in total. The molecule has 1 aliphatic heterocycles. The number of hydrogen-bond donors (Lipinski definition) is 0. The number of ether oxygens (including phenoxy) is 1. The Morgan fingerprint density at radius 2 is 1.70 bits per heavy atom. The highest BCUT2D eigenvalue weighted by Crippen LogP contribution is 2.39. The minimum atomic E-state index is 0.264. The molecule has 0 aliphatic carbocycles. The van der Waals surface area contributed by atoms with Crippen LogP contribution in [0.2, 0.25) is 0 Å². The van der Waals surface area contributed by atoms with Crippen molar-refractivity contribution in [3.8, 4) is 5.75 Å². The predicted molar refractivity (Wildman–Crippen MR) is 130 cm³/mol. The number of thiophene rings is 1. The van der Waals surface area contributed by atoms with E-state index in [0.717, 1.165) is 18.9 Å². The molecule has 0 spiro atoms. The molecule has 1 atom stereocenters. The molecule has 4 rings (SSSR count). The molecule has 158 valence electrons. The summed E-state index contributed by atoms with van der Waals surface area (Å²) in [5, 5.41) is 2.17. The van der Waals surface area contributed by atoms with E-state index >= 15 is 0 Å². The number of nitrogens with zero attached hydrogens (tertiary/aromatic N) is 1. The SMILES string of the molecule is CSc1ccccc1[C@H](c1ccc(OCCN2CCCCCC2)cc1)c1cccs1. The van der Waals surface area contributed by atoms with Crippen molar-refractivity contribution in [1.29, 1.82) is 0 Å². The van der Waals surface area contributed by atoms with Crippen LogP contribution in [0.25, 0.3) is 0 Å². The molecule has 2 nitrogen and oxygen atoms in total. The molecule has 3 aromatic rings. The van der Waals surface area contributed by atoms with Gasteiger partial charge in [0.2, 0.25) is 0 Å². The molecular formula is C26H31NOS2. The van der Waals surface area contributed by atoms with E-state index in [0.29, 0.717) is 0 Å². The number of likely N-dealkylation sites (tertiary alicyclic amines) is 1. The van der Waals surface area contributed by atoms with E-state index in [1.807, 2.05) is 23.1 Å². The summed E-state index contributed by atoms with van der Waals surface area (Å²) in [5.74, 6) is 1.23. The van der Waals surface area contributed by atoms with Crippen LogP contribution in [0.1, 0.15) is 47.6 Å². The average Bonchev–Trinajstić information content (AvgIpc) is 3.19. The van der Waals surface area contributed by atoms with Gasteiger partial charge in [0.1, 0.15) is 12.4 Å². The number of hydrogen-bond acceptors (Lipinski definition) is 4. The summed E-state index contributed by atoms with van der Waals surface area (Å²) in [4.78, 5) is 5.27. The first-order chi connectivity index (χ1) is 14.8. The van der Waals surface area contributed by atoms with Crippen molar-refractivity contribution in [1.82, 2.24) is 4.90 Å². The van der Waals surface area contributed by atoms with Crippen LogP contribution in [-0.4, -0.2) is 37.4 Å². The third-order valence-electron chi connectivity index (χ3n) is 5.87. The fourth-order valence-electron chi connectivity index (χ4n) is 4.27. The van der Waals surface area contributed by atoms with Gasteiger partial charge in [-0.05, 0) is 73.0 Å². The van der Waals surface area contributed by atoms with Crippen LogP contribution in [0.3, 0.4) is 0 Å². The quantitative estimate of drug-likeness (QED) is 0.355. The van der Waals surface area contributed by atoms with Crippen LogP contribution in [0, 0.1) is 0 Å². The maximum atomic E-state index is 6.08. The van der Waals surface area contributed by atoms with Gasteiger partial charge in [0, 0.05) is 22.2 Å². The molecular weight excluding hydrogens is 406 g/mol. The summed E-state index contributed by atoms with van der Waals surface area (Å²) in [5.41, 5.74) is 2.70. The van der Waals surface area contributed by atoms with E-state index in [2.05, 4.69) is 77.2 Å². The first-order valence-electron chi connectivity index (χ1n) is 11.0. The first-order valence-corrected chi connectivity index (χ1v) is 13.1. The topological polar surface area (TPSA) is 12.5 Å². The Balaban J connectivity index is 1.46. The Labute approximate surface area is 189 Å². The molecule has 1 saturated heterocycles. The predicted octanol–water partition coefficient (Wildman–Crippen LogP) is 6.91. The van der Waals surface area contributed by atoms with E-state index in [1.165, 1.54) is 59.7 Å². The zero-order valence-electron chi connectivity index (χ0n) is 17.8. The van der Waals surface area contributed by atoms with Crippen LogP contribution in [0.5, 0.6) is 5.75 Å². The monoisotopic (exact) mass is 437 g/mol. The number of benzene rings is 2. The number of thioether (sulfide) groups is 1. The Kier molecular flexibility index (Phi) is 7.90. The molecule has 2 aromatic carbocycles. The second kappa shape index (κ2) is 11.0. The van der Waals surface area contributed by atoms with Gasteiger partial charge in [-0.3, -0.25) is 4.90 Å². The molecule has 1 fully saturated rings. The van der Waals surface area contributed by atoms with E-state index in [4.69, 9.17) is 4.74 Å². The van der Waals surface area contributed by atoms with E-state index in [1.54, 1.807) is 0 Å². The second-order valence-electron chi connectivity index (χ2n) is 7.86. The Bertz CT molecular complexity index is 884. The van der Waals surface area contributed by atoms with Crippen molar-refractivity contribution in [2.75, 3.05) is 32.5 Å². The first kappa shape index (κ1) is 21.5. The van der Waals surface area contributed by atoms with Crippen molar-refractivity contribution in [2.45, 2.75) is 36.5 Å². The largest absolute Gasteiger partial charge is 0.492 e. The lowest BCUT2D eigenvalue weighted by Crippen LogP contribution is -2.29. The van der Waals surface area contributed by atoms with Crippen LogP contribution in [0.4, 0.5) is 0 Å².